The van der Waals surface area contributed by atoms with E-state index in [1.54, 1.807) is 30.3 Å². The highest BCUT2D eigenvalue weighted by atomic mass is 16.5. The van der Waals surface area contributed by atoms with E-state index < -0.39 is 17.8 Å². The number of aryl methyl sites for hydroxylation is 2. The first-order valence-electron chi connectivity index (χ1n) is 10.7. The van der Waals surface area contributed by atoms with Gasteiger partial charge in [-0.05, 0) is 74.2 Å². The van der Waals surface area contributed by atoms with E-state index in [-0.39, 0.29) is 5.57 Å². The van der Waals surface area contributed by atoms with E-state index in [4.69, 9.17) is 9.47 Å². The molecule has 0 saturated carbocycles. The summed E-state index contributed by atoms with van der Waals surface area (Å²) >= 11 is 0. The average Bonchev–Trinajstić information content (AvgIpc) is 2.75. The standard InChI is InChI=1S/C25H28N2O5/c1-5-7-12-32-21-11-9-18(15-22(21)31-6-2)14-20-23(28)26-25(30)27(24(20)29)19-10-8-16(3)17(4)13-19/h8-11,13-15H,5-7,12H2,1-4H3,(H,26,28,30)/b20-14-. The first-order valence-corrected chi connectivity index (χ1v) is 10.7. The summed E-state index contributed by atoms with van der Waals surface area (Å²) < 4.78 is 11.5. The highest BCUT2D eigenvalue weighted by molar-refractivity contribution is 6.39. The Morgan fingerprint density at radius 2 is 1.72 bits per heavy atom. The van der Waals surface area contributed by atoms with Gasteiger partial charge in [-0.15, -0.1) is 0 Å². The average molecular weight is 437 g/mol. The van der Waals surface area contributed by atoms with Gasteiger partial charge in [0.2, 0.25) is 0 Å². The van der Waals surface area contributed by atoms with Crippen LogP contribution in [0, 0.1) is 13.8 Å². The Hall–Kier alpha value is -3.61. The van der Waals surface area contributed by atoms with Gasteiger partial charge in [0.25, 0.3) is 11.8 Å². The molecular weight excluding hydrogens is 408 g/mol. The lowest BCUT2D eigenvalue weighted by Crippen LogP contribution is -2.54. The van der Waals surface area contributed by atoms with Crippen LogP contribution in [0.4, 0.5) is 10.5 Å². The van der Waals surface area contributed by atoms with Gasteiger partial charge in [-0.2, -0.15) is 0 Å². The summed E-state index contributed by atoms with van der Waals surface area (Å²) in [6, 6.07) is 9.71. The zero-order valence-electron chi connectivity index (χ0n) is 18.9. The summed E-state index contributed by atoms with van der Waals surface area (Å²) in [5.74, 6) is -0.276. The Balaban J connectivity index is 1.94. The fraction of sp³-hybridized carbons (Fsp3) is 0.320. The molecule has 0 unspecified atom stereocenters. The molecule has 0 spiro atoms. The van der Waals surface area contributed by atoms with Gasteiger partial charge in [-0.3, -0.25) is 14.9 Å². The number of nitrogens with zero attached hydrogens (tertiary/aromatic N) is 1. The Bertz CT molecular complexity index is 1070. The molecule has 32 heavy (non-hydrogen) atoms. The summed E-state index contributed by atoms with van der Waals surface area (Å²) in [6.45, 7) is 8.81. The number of benzene rings is 2. The normalized spacial score (nSPS) is 15.2. The van der Waals surface area contributed by atoms with Crippen molar-refractivity contribution in [3.8, 4) is 11.5 Å². The molecule has 0 radical (unpaired) electrons. The van der Waals surface area contributed by atoms with Crippen molar-refractivity contribution in [2.75, 3.05) is 18.1 Å². The molecule has 2 aromatic carbocycles. The van der Waals surface area contributed by atoms with Gasteiger partial charge in [-0.1, -0.05) is 25.5 Å². The number of hydrogen-bond donors (Lipinski definition) is 1. The molecule has 4 amide bonds. The number of imide groups is 2. The molecule has 1 aliphatic rings. The highest BCUT2D eigenvalue weighted by Gasteiger charge is 2.36. The zero-order valence-corrected chi connectivity index (χ0v) is 18.9. The van der Waals surface area contributed by atoms with Crippen LogP contribution in [0.15, 0.2) is 42.0 Å². The van der Waals surface area contributed by atoms with Crippen LogP contribution in [-0.4, -0.2) is 31.1 Å². The molecule has 3 rings (SSSR count). The third kappa shape index (κ3) is 4.99. The summed E-state index contributed by atoms with van der Waals surface area (Å²) in [7, 11) is 0. The van der Waals surface area contributed by atoms with Crippen molar-refractivity contribution < 1.29 is 23.9 Å². The lowest BCUT2D eigenvalue weighted by molar-refractivity contribution is -0.122. The topological polar surface area (TPSA) is 84.9 Å². The largest absolute Gasteiger partial charge is 0.490 e. The molecule has 1 saturated heterocycles. The van der Waals surface area contributed by atoms with Gasteiger partial charge in [0.1, 0.15) is 5.57 Å². The van der Waals surface area contributed by atoms with Crippen LogP contribution in [0.2, 0.25) is 0 Å². The van der Waals surface area contributed by atoms with Gasteiger partial charge in [-0.25, -0.2) is 9.69 Å². The first-order chi connectivity index (χ1) is 15.3. The number of nitrogens with one attached hydrogen (secondary N) is 1. The van der Waals surface area contributed by atoms with Crippen LogP contribution in [0.25, 0.3) is 6.08 Å². The van der Waals surface area contributed by atoms with Gasteiger partial charge >= 0.3 is 6.03 Å². The second-order valence-electron chi connectivity index (χ2n) is 7.57. The quantitative estimate of drug-likeness (QED) is 0.373. The number of ether oxygens (including phenoxy) is 2. The third-order valence-corrected chi connectivity index (χ3v) is 5.18. The molecule has 7 heteroatoms. The number of unbranched alkanes of at least 4 members (excludes halogenated alkanes) is 1. The summed E-state index contributed by atoms with van der Waals surface area (Å²) in [4.78, 5) is 39.0. The summed E-state index contributed by atoms with van der Waals surface area (Å²) in [5.41, 5.74) is 2.83. The highest BCUT2D eigenvalue weighted by Crippen LogP contribution is 2.30. The Labute approximate surface area is 188 Å². The van der Waals surface area contributed by atoms with E-state index in [2.05, 4.69) is 12.2 Å². The van der Waals surface area contributed by atoms with Gasteiger partial charge in [0.15, 0.2) is 11.5 Å². The van der Waals surface area contributed by atoms with Crippen molar-refractivity contribution >= 4 is 29.6 Å². The van der Waals surface area contributed by atoms with Crippen molar-refractivity contribution in [3.05, 3.63) is 58.7 Å². The smallest absolute Gasteiger partial charge is 0.335 e. The molecule has 7 nitrogen and oxygen atoms in total. The zero-order chi connectivity index (χ0) is 23.3. The number of carbonyl (C=O) groups is 3. The number of anilines is 1. The molecule has 0 bridgehead atoms. The lowest BCUT2D eigenvalue weighted by atomic mass is 10.0. The van der Waals surface area contributed by atoms with Crippen molar-refractivity contribution in [1.29, 1.82) is 0 Å². The van der Waals surface area contributed by atoms with Crippen LogP contribution >= 0.6 is 0 Å². The van der Waals surface area contributed by atoms with E-state index >= 15 is 0 Å². The predicted molar refractivity (Wildman–Crippen MR) is 123 cm³/mol. The fourth-order valence-electron chi connectivity index (χ4n) is 3.25. The molecule has 1 aliphatic heterocycles. The van der Waals surface area contributed by atoms with E-state index in [0.29, 0.717) is 36.0 Å². The van der Waals surface area contributed by atoms with Crippen LogP contribution < -0.4 is 19.7 Å². The second kappa shape index (κ2) is 10.1. The van der Waals surface area contributed by atoms with Crippen molar-refractivity contribution in [2.45, 2.75) is 40.5 Å². The molecule has 1 N–H and O–H groups in total. The predicted octanol–water partition coefficient (Wildman–Crippen LogP) is 4.55. The van der Waals surface area contributed by atoms with E-state index in [1.165, 1.54) is 6.08 Å². The molecule has 0 aliphatic carbocycles. The molecule has 0 aromatic heterocycles. The van der Waals surface area contributed by atoms with Gasteiger partial charge < -0.3 is 9.47 Å². The number of barbiturate groups is 1. The van der Waals surface area contributed by atoms with Crippen LogP contribution in [0.3, 0.4) is 0 Å². The molecule has 168 valence electrons. The van der Waals surface area contributed by atoms with Gasteiger partial charge in [0.05, 0.1) is 18.9 Å². The summed E-state index contributed by atoms with van der Waals surface area (Å²) in [5, 5.41) is 2.25. The molecule has 1 fully saturated rings. The Morgan fingerprint density at radius 3 is 2.41 bits per heavy atom. The van der Waals surface area contributed by atoms with Gasteiger partial charge in [0, 0.05) is 0 Å². The lowest BCUT2D eigenvalue weighted by Gasteiger charge is -2.27. The monoisotopic (exact) mass is 436 g/mol. The number of hydrogen-bond acceptors (Lipinski definition) is 5. The van der Waals surface area contributed by atoms with Crippen LogP contribution in [0.5, 0.6) is 11.5 Å². The van der Waals surface area contributed by atoms with Crippen LogP contribution in [0.1, 0.15) is 43.4 Å². The molecule has 1 heterocycles. The number of carbonyl (C=O) groups excluding carboxylic acids is 3. The first kappa shape index (κ1) is 23.1. The minimum absolute atomic E-state index is 0.134. The van der Waals surface area contributed by atoms with Crippen molar-refractivity contribution in [2.24, 2.45) is 0 Å². The fourth-order valence-corrected chi connectivity index (χ4v) is 3.25. The van der Waals surface area contributed by atoms with Crippen LogP contribution in [-0.2, 0) is 9.59 Å². The second-order valence-corrected chi connectivity index (χ2v) is 7.57. The van der Waals surface area contributed by atoms with E-state index in [1.807, 2.05) is 26.8 Å². The van der Waals surface area contributed by atoms with E-state index in [0.717, 1.165) is 28.9 Å². The Kier molecular flexibility index (Phi) is 7.30. The SMILES string of the molecule is CCCCOc1ccc(/C=C2/C(=O)NC(=O)N(c3ccc(C)c(C)c3)C2=O)cc1OCC. The Morgan fingerprint density at radius 1 is 0.938 bits per heavy atom. The van der Waals surface area contributed by atoms with Crippen molar-refractivity contribution in [1.82, 2.24) is 5.32 Å². The summed E-state index contributed by atoms with van der Waals surface area (Å²) in [6.07, 6.45) is 3.39. The number of urea groups is 1. The van der Waals surface area contributed by atoms with Crippen molar-refractivity contribution in [3.63, 3.8) is 0 Å². The minimum Gasteiger partial charge on any atom is -0.490 e. The maximum absolute atomic E-state index is 13.1. The molecular formula is C25H28N2O5. The maximum atomic E-state index is 13.1. The number of rotatable bonds is 8. The third-order valence-electron chi connectivity index (χ3n) is 5.18. The van der Waals surface area contributed by atoms with E-state index in [9.17, 15) is 14.4 Å². The molecule has 0 atom stereocenters. The molecule has 2 aromatic rings. The maximum Gasteiger partial charge on any atom is 0.335 e. The minimum atomic E-state index is -0.768. The number of amides is 4.